The smallest absolute Gasteiger partial charge is 0.337 e. The van der Waals surface area contributed by atoms with Gasteiger partial charge in [0.15, 0.2) is 0 Å². The average Bonchev–Trinajstić information content (AvgIpc) is 2.85. The number of benzene rings is 1. The number of nitrogens with two attached hydrogens (primary N) is 1. The second-order valence-electron chi connectivity index (χ2n) is 4.51. The number of nitrogens with zero attached hydrogens (tertiary/aromatic N) is 3. The Balaban J connectivity index is 2.02. The van der Waals surface area contributed by atoms with Crippen LogP contribution in [-0.4, -0.2) is 27.2 Å². The largest absolute Gasteiger partial charge is 0.478 e. The third kappa shape index (κ3) is 1.91. The molecule has 2 heterocycles. The van der Waals surface area contributed by atoms with E-state index in [0.717, 1.165) is 18.9 Å². The second kappa shape index (κ2) is 4.31. The summed E-state index contributed by atoms with van der Waals surface area (Å²) >= 11 is 0. The first-order chi connectivity index (χ1) is 9.16. The Morgan fingerprint density at radius 1 is 1.37 bits per heavy atom. The van der Waals surface area contributed by atoms with Crippen molar-refractivity contribution in [3.8, 4) is 0 Å². The second-order valence-corrected chi connectivity index (χ2v) is 4.51. The molecule has 3 rings (SSSR count). The number of carboxylic acid groups (broad SMARTS) is 1. The lowest BCUT2D eigenvalue weighted by Crippen LogP contribution is -2.35. The minimum atomic E-state index is -0.962. The SMILES string of the molecule is Nc1cccc(C(=O)O)c1N1CCn2ccnc2C1. The fraction of sp³-hybridized carbons (Fsp3) is 0.231. The van der Waals surface area contributed by atoms with E-state index in [1.165, 1.54) is 0 Å². The molecule has 0 saturated heterocycles. The zero-order valence-electron chi connectivity index (χ0n) is 10.3. The minimum absolute atomic E-state index is 0.236. The molecule has 1 aliphatic heterocycles. The summed E-state index contributed by atoms with van der Waals surface area (Å²) in [5.74, 6) is -0.0398. The Kier molecular flexibility index (Phi) is 2.63. The van der Waals surface area contributed by atoms with Crippen LogP contribution in [0, 0.1) is 0 Å². The molecule has 1 aromatic carbocycles. The van der Waals surface area contributed by atoms with Crippen LogP contribution < -0.4 is 10.6 Å². The molecular formula is C13H14N4O2. The maximum Gasteiger partial charge on any atom is 0.337 e. The number of para-hydroxylation sites is 1. The Bertz CT molecular complexity index is 635. The topological polar surface area (TPSA) is 84.4 Å². The zero-order chi connectivity index (χ0) is 13.4. The van der Waals surface area contributed by atoms with Gasteiger partial charge in [-0.05, 0) is 12.1 Å². The normalized spacial score (nSPS) is 14.2. The molecular weight excluding hydrogens is 244 g/mol. The van der Waals surface area contributed by atoms with Crippen molar-refractivity contribution in [1.82, 2.24) is 9.55 Å². The summed E-state index contributed by atoms with van der Waals surface area (Å²) in [6.45, 7) is 2.07. The van der Waals surface area contributed by atoms with Gasteiger partial charge in [-0.15, -0.1) is 0 Å². The highest BCUT2D eigenvalue weighted by molar-refractivity contribution is 5.98. The molecule has 19 heavy (non-hydrogen) atoms. The molecule has 0 amide bonds. The summed E-state index contributed by atoms with van der Waals surface area (Å²) in [5, 5.41) is 9.27. The van der Waals surface area contributed by atoms with E-state index in [0.29, 0.717) is 17.9 Å². The number of anilines is 2. The zero-order valence-corrected chi connectivity index (χ0v) is 10.3. The Labute approximate surface area is 110 Å². The number of aromatic carboxylic acids is 1. The first-order valence-corrected chi connectivity index (χ1v) is 6.03. The van der Waals surface area contributed by atoms with Gasteiger partial charge in [0.1, 0.15) is 5.82 Å². The lowest BCUT2D eigenvalue weighted by molar-refractivity contribution is 0.0697. The van der Waals surface area contributed by atoms with E-state index in [4.69, 9.17) is 5.73 Å². The van der Waals surface area contributed by atoms with E-state index >= 15 is 0 Å². The maximum atomic E-state index is 11.3. The highest BCUT2D eigenvalue weighted by atomic mass is 16.4. The molecule has 0 atom stereocenters. The van der Waals surface area contributed by atoms with Gasteiger partial charge in [0, 0.05) is 25.5 Å². The predicted molar refractivity (Wildman–Crippen MR) is 71.1 cm³/mol. The molecule has 1 aliphatic rings. The molecule has 0 spiro atoms. The van der Waals surface area contributed by atoms with Crippen LogP contribution in [0.15, 0.2) is 30.6 Å². The molecule has 6 nitrogen and oxygen atoms in total. The number of hydrogen-bond donors (Lipinski definition) is 2. The summed E-state index contributed by atoms with van der Waals surface area (Å²) in [7, 11) is 0. The van der Waals surface area contributed by atoms with Gasteiger partial charge in [-0.3, -0.25) is 0 Å². The van der Waals surface area contributed by atoms with Crippen molar-refractivity contribution in [3.63, 3.8) is 0 Å². The highest BCUT2D eigenvalue weighted by Crippen LogP contribution is 2.30. The molecule has 0 saturated carbocycles. The molecule has 6 heteroatoms. The van der Waals surface area contributed by atoms with Crippen molar-refractivity contribution < 1.29 is 9.90 Å². The van der Waals surface area contributed by atoms with Crippen molar-refractivity contribution in [3.05, 3.63) is 42.0 Å². The number of carboxylic acids is 1. The minimum Gasteiger partial charge on any atom is -0.478 e. The lowest BCUT2D eigenvalue weighted by atomic mass is 10.1. The summed E-state index contributed by atoms with van der Waals surface area (Å²) in [5.41, 5.74) is 7.26. The standard InChI is InChI=1S/C13H14N4O2/c14-10-3-1-2-9(13(18)19)12(10)17-7-6-16-5-4-15-11(16)8-17/h1-5H,6-8,14H2,(H,18,19). The van der Waals surface area contributed by atoms with Gasteiger partial charge in [0.2, 0.25) is 0 Å². The van der Waals surface area contributed by atoms with Gasteiger partial charge in [0.05, 0.1) is 23.5 Å². The Morgan fingerprint density at radius 3 is 3.00 bits per heavy atom. The predicted octanol–water partition coefficient (Wildman–Crippen LogP) is 1.18. The fourth-order valence-corrected chi connectivity index (χ4v) is 2.45. The number of imidazole rings is 1. The van der Waals surface area contributed by atoms with E-state index < -0.39 is 5.97 Å². The average molecular weight is 258 g/mol. The van der Waals surface area contributed by atoms with Gasteiger partial charge in [-0.1, -0.05) is 6.07 Å². The van der Waals surface area contributed by atoms with Crippen molar-refractivity contribution >= 4 is 17.3 Å². The van der Waals surface area contributed by atoms with E-state index in [1.54, 1.807) is 24.4 Å². The van der Waals surface area contributed by atoms with E-state index in [-0.39, 0.29) is 5.56 Å². The third-order valence-corrected chi connectivity index (χ3v) is 3.36. The lowest BCUT2D eigenvalue weighted by Gasteiger charge is -2.31. The number of nitrogen functional groups attached to an aromatic ring is 1. The molecule has 0 fully saturated rings. The van der Waals surface area contributed by atoms with Crippen LogP contribution in [0.3, 0.4) is 0 Å². The quantitative estimate of drug-likeness (QED) is 0.790. The van der Waals surface area contributed by atoms with Crippen LogP contribution >= 0.6 is 0 Å². The third-order valence-electron chi connectivity index (χ3n) is 3.36. The number of carbonyl (C=O) groups is 1. The van der Waals surface area contributed by atoms with E-state index in [9.17, 15) is 9.90 Å². The van der Waals surface area contributed by atoms with Crippen molar-refractivity contribution in [2.75, 3.05) is 17.2 Å². The summed E-state index contributed by atoms with van der Waals surface area (Å²) in [6.07, 6.45) is 3.68. The van der Waals surface area contributed by atoms with Crippen LogP contribution in [0.2, 0.25) is 0 Å². The first kappa shape index (κ1) is 11.6. The Hall–Kier alpha value is -2.50. The van der Waals surface area contributed by atoms with Gasteiger partial charge in [0.25, 0.3) is 0 Å². The van der Waals surface area contributed by atoms with Crippen molar-refractivity contribution in [2.24, 2.45) is 0 Å². The van der Waals surface area contributed by atoms with Crippen LogP contribution in [0.5, 0.6) is 0 Å². The molecule has 98 valence electrons. The molecule has 0 radical (unpaired) electrons. The van der Waals surface area contributed by atoms with Gasteiger partial charge in [-0.25, -0.2) is 9.78 Å². The molecule has 0 unspecified atom stereocenters. The number of aromatic nitrogens is 2. The van der Waals surface area contributed by atoms with Gasteiger partial charge in [-0.2, -0.15) is 0 Å². The molecule has 1 aromatic heterocycles. The van der Waals surface area contributed by atoms with Crippen molar-refractivity contribution in [1.29, 1.82) is 0 Å². The highest BCUT2D eigenvalue weighted by Gasteiger charge is 2.23. The molecule has 2 aromatic rings. The Morgan fingerprint density at radius 2 is 2.21 bits per heavy atom. The van der Waals surface area contributed by atoms with Gasteiger partial charge < -0.3 is 20.3 Å². The van der Waals surface area contributed by atoms with Crippen LogP contribution in [0.4, 0.5) is 11.4 Å². The first-order valence-electron chi connectivity index (χ1n) is 6.03. The molecule has 3 N–H and O–H groups in total. The van der Waals surface area contributed by atoms with Crippen LogP contribution in [0.1, 0.15) is 16.2 Å². The fourth-order valence-electron chi connectivity index (χ4n) is 2.45. The van der Waals surface area contributed by atoms with Gasteiger partial charge >= 0.3 is 5.97 Å². The number of fused-ring (bicyclic) bond motifs is 1. The molecule has 0 bridgehead atoms. The molecule has 0 aliphatic carbocycles. The van der Waals surface area contributed by atoms with Crippen LogP contribution in [-0.2, 0) is 13.1 Å². The number of hydrogen-bond acceptors (Lipinski definition) is 4. The maximum absolute atomic E-state index is 11.3. The summed E-state index contributed by atoms with van der Waals surface area (Å²) in [6, 6.07) is 4.96. The van der Waals surface area contributed by atoms with E-state index in [2.05, 4.69) is 9.55 Å². The summed E-state index contributed by atoms with van der Waals surface area (Å²) < 4.78 is 2.07. The van der Waals surface area contributed by atoms with E-state index in [1.807, 2.05) is 11.1 Å². The monoisotopic (exact) mass is 258 g/mol. The number of rotatable bonds is 2. The van der Waals surface area contributed by atoms with Crippen LogP contribution in [0.25, 0.3) is 0 Å². The summed E-state index contributed by atoms with van der Waals surface area (Å²) in [4.78, 5) is 17.6. The van der Waals surface area contributed by atoms with Crippen molar-refractivity contribution in [2.45, 2.75) is 13.1 Å².